The fourth-order valence-electron chi connectivity index (χ4n) is 3.17. The monoisotopic (exact) mass is 372 g/mol. The molecule has 0 saturated heterocycles. The van der Waals surface area contributed by atoms with Gasteiger partial charge >= 0.3 is 5.97 Å². The first-order valence-corrected chi connectivity index (χ1v) is 9.04. The molecule has 4 aromatic rings. The number of para-hydroxylation sites is 2. The molecule has 0 aliphatic rings. The highest BCUT2D eigenvalue weighted by Gasteiger charge is 2.13. The second-order valence-electron chi connectivity index (χ2n) is 6.43. The van der Waals surface area contributed by atoms with Gasteiger partial charge in [-0.15, -0.1) is 0 Å². The van der Waals surface area contributed by atoms with Crippen molar-refractivity contribution in [2.45, 2.75) is 6.54 Å². The first-order chi connectivity index (χ1) is 13.7. The number of fused-ring (bicyclic) bond motifs is 1. The largest absolute Gasteiger partial charge is 0.425 e. The fraction of sp³-hybridized carbons (Fsp3) is 0.130. The Morgan fingerprint density at radius 2 is 1.64 bits per heavy atom. The molecule has 0 atom stereocenters. The lowest BCUT2D eigenvalue weighted by atomic mass is 10.2. The highest BCUT2D eigenvalue weighted by atomic mass is 16.6. The Hall–Kier alpha value is -3.44. The number of carbonyl (C=O) groups excluding carboxylic acids is 1. The third-order valence-electron chi connectivity index (χ3n) is 4.44. The topological polar surface area (TPSA) is 53.4 Å². The van der Waals surface area contributed by atoms with Crippen LogP contribution in [0.4, 0.5) is 0 Å². The smallest absolute Gasteiger partial charge is 0.337 e. The third kappa shape index (κ3) is 3.80. The molecule has 5 heteroatoms. The van der Waals surface area contributed by atoms with Crippen LogP contribution in [0.2, 0.25) is 0 Å². The third-order valence-corrected chi connectivity index (χ3v) is 4.44. The number of hydrogen-bond acceptors (Lipinski definition) is 4. The lowest BCUT2D eigenvalue weighted by Gasteiger charge is -2.10. The minimum Gasteiger partial charge on any atom is -0.425 e. The number of esters is 1. The number of carbonyl (C=O) groups is 1. The summed E-state index contributed by atoms with van der Waals surface area (Å²) in [5.74, 6) is 0.933. The Balaban J connectivity index is 1.70. The van der Waals surface area contributed by atoms with Crippen LogP contribution in [0.1, 0.15) is 5.56 Å². The number of aromatic nitrogens is 2. The van der Waals surface area contributed by atoms with E-state index in [1.807, 2.05) is 48.5 Å². The van der Waals surface area contributed by atoms with Crippen LogP contribution in [0.3, 0.4) is 0 Å². The Bertz CT molecular complexity index is 1090. The summed E-state index contributed by atoms with van der Waals surface area (Å²) in [5, 5.41) is 0. The molecule has 28 heavy (non-hydrogen) atoms. The average Bonchev–Trinajstić information content (AvgIpc) is 3.08. The minimum atomic E-state index is -0.424. The van der Waals surface area contributed by atoms with Gasteiger partial charge in [-0.25, -0.2) is 9.78 Å². The standard InChI is InChI=1S/C23H20N2O3/c1-27-16-22(26)28-19-13-11-18(12-14-19)23-24-20-9-5-6-10-21(20)25(23)15-17-7-3-2-4-8-17/h2-14H,15-16H2,1H3. The summed E-state index contributed by atoms with van der Waals surface area (Å²) in [6.07, 6.45) is 0. The quantitative estimate of drug-likeness (QED) is 0.374. The van der Waals surface area contributed by atoms with Crippen molar-refractivity contribution in [2.24, 2.45) is 0 Å². The number of hydrogen-bond donors (Lipinski definition) is 0. The van der Waals surface area contributed by atoms with Crippen LogP contribution in [-0.4, -0.2) is 29.2 Å². The molecule has 0 spiro atoms. The van der Waals surface area contributed by atoms with Gasteiger partial charge in [-0.05, 0) is 42.0 Å². The molecule has 0 saturated carbocycles. The van der Waals surface area contributed by atoms with Crippen molar-refractivity contribution in [2.75, 3.05) is 13.7 Å². The first-order valence-electron chi connectivity index (χ1n) is 9.04. The van der Waals surface area contributed by atoms with E-state index in [1.165, 1.54) is 12.7 Å². The van der Waals surface area contributed by atoms with Crippen molar-refractivity contribution in [3.63, 3.8) is 0 Å². The van der Waals surface area contributed by atoms with Crippen LogP contribution < -0.4 is 4.74 Å². The number of imidazole rings is 1. The van der Waals surface area contributed by atoms with Crippen molar-refractivity contribution >= 4 is 17.0 Å². The van der Waals surface area contributed by atoms with Gasteiger partial charge in [0.2, 0.25) is 0 Å². The summed E-state index contributed by atoms with van der Waals surface area (Å²) in [6, 6.07) is 25.8. The van der Waals surface area contributed by atoms with E-state index < -0.39 is 5.97 Å². The van der Waals surface area contributed by atoms with Crippen LogP contribution in [0.5, 0.6) is 5.75 Å². The summed E-state index contributed by atoms with van der Waals surface area (Å²) < 4.78 is 12.2. The van der Waals surface area contributed by atoms with Crippen molar-refractivity contribution < 1.29 is 14.3 Å². The molecule has 0 bridgehead atoms. The maximum absolute atomic E-state index is 11.6. The van der Waals surface area contributed by atoms with E-state index in [0.717, 1.165) is 29.0 Å². The van der Waals surface area contributed by atoms with Crippen LogP contribution in [-0.2, 0) is 16.1 Å². The molecule has 0 aliphatic heterocycles. The fourth-order valence-corrected chi connectivity index (χ4v) is 3.17. The highest BCUT2D eigenvalue weighted by Crippen LogP contribution is 2.27. The summed E-state index contributed by atoms with van der Waals surface area (Å²) in [4.78, 5) is 16.4. The number of rotatable bonds is 6. The minimum absolute atomic E-state index is 0.0748. The first kappa shape index (κ1) is 17.9. The Morgan fingerprint density at radius 1 is 0.929 bits per heavy atom. The lowest BCUT2D eigenvalue weighted by molar-refractivity contribution is -0.138. The predicted molar refractivity (Wildman–Crippen MR) is 108 cm³/mol. The van der Waals surface area contributed by atoms with Gasteiger partial charge in [0.1, 0.15) is 18.2 Å². The van der Waals surface area contributed by atoms with Crippen molar-refractivity contribution in [1.29, 1.82) is 0 Å². The van der Waals surface area contributed by atoms with Crippen molar-refractivity contribution in [3.05, 3.63) is 84.4 Å². The van der Waals surface area contributed by atoms with Gasteiger partial charge in [0.05, 0.1) is 11.0 Å². The zero-order chi connectivity index (χ0) is 19.3. The number of methoxy groups -OCH3 is 1. The molecule has 1 aromatic heterocycles. The second kappa shape index (κ2) is 8.06. The second-order valence-corrected chi connectivity index (χ2v) is 6.43. The van der Waals surface area contributed by atoms with Gasteiger partial charge in [-0.1, -0.05) is 42.5 Å². The van der Waals surface area contributed by atoms with Crippen molar-refractivity contribution in [3.8, 4) is 17.1 Å². The zero-order valence-electron chi connectivity index (χ0n) is 15.5. The molecule has 0 radical (unpaired) electrons. The van der Waals surface area contributed by atoms with Gasteiger partial charge in [-0.3, -0.25) is 0 Å². The summed E-state index contributed by atoms with van der Waals surface area (Å²) in [5.41, 5.74) is 4.19. The van der Waals surface area contributed by atoms with Crippen LogP contribution in [0, 0.1) is 0 Å². The molecular weight excluding hydrogens is 352 g/mol. The number of ether oxygens (including phenoxy) is 2. The molecule has 0 unspecified atom stereocenters. The van der Waals surface area contributed by atoms with E-state index >= 15 is 0 Å². The molecule has 1 heterocycles. The highest BCUT2D eigenvalue weighted by molar-refractivity contribution is 5.81. The van der Waals surface area contributed by atoms with Crippen LogP contribution in [0.25, 0.3) is 22.4 Å². The lowest BCUT2D eigenvalue weighted by Crippen LogP contribution is -2.14. The molecule has 5 nitrogen and oxygen atoms in total. The maximum Gasteiger partial charge on any atom is 0.337 e. The van der Waals surface area contributed by atoms with Gasteiger partial charge in [0.25, 0.3) is 0 Å². The normalized spacial score (nSPS) is 10.9. The Kier molecular flexibility index (Phi) is 5.17. The zero-order valence-corrected chi connectivity index (χ0v) is 15.5. The summed E-state index contributed by atoms with van der Waals surface area (Å²) >= 11 is 0. The van der Waals surface area contributed by atoms with E-state index in [0.29, 0.717) is 5.75 Å². The summed E-state index contributed by atoms with van der Waals surface area (Å²) in [6.45, 7) is 0.649. The molecule has 4 rings (SSSR count). The van der Waals surface area contributed by atoms with Crippen LogP contribution in [0.15, 0.2) is 78.9 Å². The predicted octanol–water partition coefficient (Wildman–Crippen LogP) is 4.30. The molecule has 0 aliphatic carbocycles. The van der Waals surface area contributed by atoms with Gasteiger partial charge in [0.15, 0.2) is 0 Å². The van der Waals surface area contributed by atoms with Crippen molar-refractivity contribution in [1.82, 2.24) is 9.55 Å². The van der Waals surface area contributed by atoms with Crippen LogP contribution >= 0.6 is 0 Å². The van der Waals surface area contributed by atoms with E-state index in [2.05, 4.69) is 22.8 Å². The molecule has 0 fully saturated rings. The van der Waals surface area contributed by atoms with E-state index in [-0.39, 0.29) is 6.61 Å². The Morgan fingerprint density at radius 3 is 2.39 bits per heavy atom. The molecule has 0 amide bonds. The summed E-state index contributed by atoms with van der Waals surface area (Å²) in [7, 11) is 1.46. The van der Waals surface area contributed by atoms with E-state index in [4.69, 9.17) is 14.5 Å². The SMILES string of the molecule is COCC(=O)Oc1ccc(-c2nc3ccccc3n2Cc2ccccc2)cc1. The number of benzene rings is 3. The Labute approximate surface area is 163 Å². The molecule has 3 aromatic carbocycles. The average molecular weight is 372 g/mol. The van der Waals surface area contributed by atoms with E-state index in [1.54, 1.807) is 12.1 Å². The number of nitrogens with zero attached hydrogens (tertiary/aromatic N) is 2. The maximum atomic E-state index is 11.6. The van der Waals surface area contributed by atoms with E-state index in [9.17, 15) is 4.79 Å². The van der Waals surface area contributed by atoms with Gasteiger partial charge < -0.3 is 14.0 Å². The van der Waals surface area contributed by atoms with Gasteiger partial charge in [0, 0.05) is 19.2 Å². The molecular formula is C23H20N2O3. The van der Waals surface area contributed by atoms with Gasteiger partial charge in [-0.2, -0.15) is 0 Å². The molecule has 0 N–H and O–H groups in total. The molecule has 140 valence electrons.